The summed E-state index contributed by atoms with van der Waals surface area (Å²) < 4.78 is 2.72. The van der Waals surface area contributed by atoms with Crippen molar-refractivity contribution in [3.05, 3.63) is 182 Å². The van der Waals surface area contributed by atoms with Gasteiger partial charge in [-0.2, -0.15) is 0 Å². The van der Waals surface area contributed by atoms with Crippen LogP contribution >= 0.6 is 11.3 Å². The molecule has 0 nitrogen and oxygen atoms in total. The van der Waals surface area contributed by atoms with E-state index >= 15 is 0 Å². The van der Waals surface area contributed by atoms with Crippen LogP contribution in [0.2, 0.25) is 0 Å². The molecule has 0 N–H and O–H groups in total. The number of fused-ring (bicyclic) bond motifs is 10. The highest BCUT2D eigenvalue weighted by atomic mass is 32.1. The van der Waals surface area contributed by atoms with Gasteiger partial charge in [0, 0.05) is 20.2 Å². The summed E-state index contributed by atoms with van der Waals surface area (Å²) in [5, 5.41) is 15.6. The van der Waals surface area contributed by atoms with Gasteiger partial charge in [-0.05, 0) is 112 Å². The van der Waals surface area contributed by atoms with E-state index in [9.17, 15) is 0 Å². The SMILES string of the molecule is c1ccc(-c2c3ccccc3c(-c3ccc4cc(-c5ccc6c(ccc7c6sc6ccc8ccccc8c67)c5)ccc4c3)c3ccccc23)cc1. The van der Waals surface area contributed by atoms with E-state index in [1.165, 1.54) is 107 Å². The second-order valence-electron chi connectivity index (χ2n) is 13.6. The molecule has 0 saturated heterocycles. The van der Waals surface area contributed by atoms with E-state index in [0.717, 1.165) is 0 Å². The van der Waals surface area contributed by atoms with Crippen LogP contribution in [-0.4, -0.2) is 0 Å². The molecule has 0 unspecified atom stereocenters. The third kappa shape index (κ3) is 4.39. The van der Waals surface area contributed by atoms with Gasteiger partial charge >= 0.3 is 0 Å². The Labute approximate surface area is 299 Å². The number of rotatable bonds is 3. The minimum absolute atomic E-state index is 1.24. The molecule has 0 amide bonds. The number of thiophene rings is 1. The Morgan fingerprint density at radius 3 is 1.47 bits per heavy atom. The molecule has 11 aromatic rings. The molecule has 0 fully saturated rings. The largest absolute Gasteiger partial charge is 0.135 e. The highest BCUT2D eigenvalue weighted by molar-refractivity contribution is 7.26. The molecule has 0 bridgehead atoms. The fourth-order valence-corrected chi connectivity index (χ4v) is 9.70. The minimum Gasteiger partial charge on any atom is -0.135 e. The van der Waals surface area contributed by atoms with Gasteiger partial charge in [-0.3, -0.25) is 0 Å². The van der Waals surface area contributed by atoms with Crippen molar-refractivity contribution in [2.24, 2.45) is 0 Å². The molecule has 1 heteroatoms. The Balaban J connectivity index is 1.03. The molecular weight excluding hydrogens is 633 g/mol. The summed E-state index contributed by atoms with van der Waals surface area (Å²) in [4.78, 5) is 0. The second-order valence-corrected chi connectivity index (χ2v) is 14.7. The van der Waals surface area contributed by atoms with Crippen LogP contribution < -0.4 is 0 Å². The van der Waals surface area contributed by atoms with Crippen LogP contribution in [-0.2, 0) is 0 Å². The third-order valence-electron chi connectivity index (χ3n) is 10.8. The molecule has 51 heavy (non-hydrogen) atoms. The zero-order valence-corrected chi connectivity index (χ0v) is 28.5. The average molecular weight is 663 g/mol. The number of benzene rings is 10. The van der Waals surface area contributed by atoms with Crippen molar-refractivity contribution < 1.29 is 0 Å². The fourth-order valence-electron chi connectivity index (χ4n) is 8.45. The van der Waals surface area contributed by atoms with E-state index in [1.54, 1.807) is 0 Å². The molecule has 0 aliphatic heterocycles. The first-order valence-corrected chi connectivity index (χ1v) is 18.4. The van der Waals surface area contributed by atoms with Crippen LogP contribution in [0.4, 0.5) is 0 Å². The van der Waals surface area contributed by atoms with Crippen molar-refractivity contribution in [3.8, 4) is 33.4 Å². The lowest BCUT2D eigenvalue weighted by atomic mass is 9.85. The van der Waals surface area contributed by atoms with Gasteiger partial charge in [0.2, 0.25) is 0 Å². The highest BCUT2D eigenvalue weighted by Gasteiger charge is 2.17. The molecule has 0 atom stereocenters. The lowest BCUT2D eigenvalue weighted by molar-refractivity contribution is 1.66. The first-order chi connectivity index (χ1) is 25.3. The van der Waals surface area contributed by atoms with Crippen molar-refractivity contribution in [3.63, 3.8) is 0 Å². The summed E-state index contributed by atoms with van der Waals surface area (Å²) in [5.74, 6) is 0. The van der Waals surface area contributed by atoms with Crippen molar-refractivity contribution >= 4 is 85.4 Å². The topological polar surface area (TPSA) is 0 Å². The average Bonchev–Trinajstić information content (AvgIpc) is 3.59. The van der Waals surface area contributed by atoms with Gasteiger partial charge in [0.25, 0.3) is 0 Å². The molecule has 0 aliphatic carbocycles. The van der Waals surface area contributed by atoms with Crippen molar-refractivity contribution in [2.45, 2.75) is 0 Å². The molecule has 0 spiro atoms. The zero-order chi connectivity index (χ0) is 33.5. The maximum Gasteiger partial charge on any atom is 0.0434 e. The van der Waals surface area contributed by atoms with Crippen molar-refractivity contribution in [2.75, 3.05) is 0 Å². The quantitative estimate of drug-likeness (QED) is 0.165. The van der Waals surface area contributed by atoms with Gasteiger partial charge in [-0.25, -0.2) is 0 Å². The lowest BCUT2D eigenvalue weighted by Gasteiger charge is -2.18. The van der Waals surface area contributed by atoms with E-state index in [-0.39, 0.29) is 0 Å². The molecule has 11 rings (SSSR count). The molecule has 0 saturated carbocycles. The molecule has 0 radical (unpaired) electrons. The first-order valence-electron chi connectivity index (χ1n) is 17.6. The van der Waals surface area contributed by atoms with Gasteiger partial charge in [0.15, 0.2) is 0 Å². The van der Waals surface area contributed by atoms with Crippen LogP contribution in [0.15, 0.2) is 182 Å². The van der Waals surface area contributed by atoms with Gasteiger partial charge in [-0.1, -0.05) is 158 Å². The molecule has 10 aromatic carbocycles. The van der Waals surface area contributed by atoms with Crippen LogP contribution in [0.3, 0.4) is 0 Å². The van der Waals surface area contributed by atoms with Crippen LogP contribution in [0.5, 0.6) is 0 Å². The fraction of sp³-hybridized carbons (Fsp3) is 0. The molecule has 1 aromatic heterocycles. The second kappa shape index (κ2) is 11.1. The van der Waals surface area contributed by atoms with E-state index in [2.05, 4.69) is 182 Å². The number of hydrogen-bond donors (Lipinski definition) is 0. The van der Waals surface area contributed by atoms with Crippen LogP contribution in [0.1, 0.15) is 0 Å². The van der Waals surface area contributed by atoms with E-state index in [4.69, 9.17) is 0 Å². The summed E-state index contributed by atoms with van der Waals surface area (Å²) in [6, 6.07) is 67.4. The molecule has 0 aliphatic rings. The van der Waals surface area contributed by atoms with Gasteiger partial charge < -0.3 is 0 Å². The molecular formula is C50H30S. The summed E-state index contributed by atoms with van der Waals surface area (Å²) in [5.41, 5.74) is 7.57. The van der Waals surface area contributed by atoms with Gasteiger partial charge in [0.1, 0.15) is 0 Å². The molecule has 236 valence electrons. The van der Waals surface area contributed by atoms with E-state index in [1.807, 2.05) is 11.3 Å². The summed E-state index contributed by atoms with van der Waals surface area (Å²) in [6.45, 7) is 0. The van der Waals surface area contributed by atoms with Crippen LogP contribution in [0, 0.1) is 0 Å². The Morgan fingerprint density at radius 1 is 0.275 bits per heavy atom. The van der Waals surface area contributed by atoms with E-state index < -0.39 is 0 Å². The smallest absolute Gasteiger partial charge is 0.0434 e. The monoisotopic (exact) mass is 662 g/mol. The summed E-state index contributed by atoms with van der Waals surface area (Å²) >= 11 is 1.91. The Morgan fingerprint density at radius 2 is 0.765 bits per heavy atom. The standard InChI is InChI=1S/C50H30S/c1-2-11-32(12-3-1)47-41-14-6-8-16-43(41)48(44-17-9-7-15-42(44)47)38-21-20-34-28-33(18-19-35(34)30-38)36-22-25-40-37(29-36)23-26-45-49-39-13-5-4-10-31(39)24-27-46(49)51-50(40)45/h1-30H. The highest BCUT2D eigenvalue weighted by Crippen LogP contribution is 2.45. The summed E-state index contributed by atoms with van der Waals surface area (Å²) in [6.07, 6.45) is 0. The minimum atomic E-state index is 1.24. The van der Waals surface area contributed by atoms with Gasteiger partial charge in [-0.15, -0.1) is 11.3 Å². The Bertz CT molecular complexity index is 3130. The summed E-state index contributed by atoms with van der Waals surface area (Å²) in [7, 11) is 0. The molecule has 1 heterocycles. The maximum atomic E-state index is 2.37. The van der Waals surface area contributed by atoms with Gasteiger partial charge in [0.05, 0.1) is 0 Å². The Hall–Kier alpha value is -6.28. The third-order valence-corrected chi connectivity index (χ3v) is 12.0. The number of hydrogen-bond acceptors (Lipinski definition) is 1. The first kappa shape index (κ1) is 28.5. The zero-order valence-electron chi connectivity index (χ0n) is 27.7. The van der Waals surface area contributed by atoms with E-state index in [0.29, 0.717) is 0 Å². The van der Waals surface area contributed by atoms with Crippen molar-refractivity contribution in [1.82, 2.24) is 0 Å². The normalized spacial score (nSPS) is 11.9. The lowest BCUT2D eigenvalue weighted by Crippen LogP contribution is -1.90. The maximum absolute atomic E-state index is 2.37. The predicted molar refractivity (Wildman–Crippen MR) is 223 cm³/mol. The van der Waals surface area contributed by atoms with Crippen LogP contribution in [0.25, 0.3) is 107 Å². The Kier molecular flexibility index (Phi) is 6.22. The predicted octanol–water partition coefficient (Wildman–Crippen LogP) is 14.8. The van der Waals surface area contributed by atoms with Crippen molar-refractivity contribution in [1.29, 1.82) is 0 Å².